The molecular formula is C70H126O6. The minimum absolute atomic E-state index is 0.0757. The molecule has 0 aromatic rings. The Bertz CT molecular complexity index is 1360. The standard InChI is InChI=1S/C70H126O6/c1-4-7-10-13-16-19-22-24-26-28-30-31-32-33-34-35-36-37-38-39-41-42-44-46-48-51-54-57-60-63-69(72)75-66-67(65-74-68(71)62-59-56-53-50-21-18-15-12-9-6-3)76-70(73)64-61-58-55-52-49-47-45-43-40-29-27-25-23-20-17-14-11-8-5-2/h17,20,22,24-25,27-28,30,40,43,67H,4-16,18-19,21,23,26,29,31-39,41-42,44-66H2,1-3H3/b20-17-,24-22-,27-25-,30-28-,43-40-. The highest BCUT2D eigenvalue weighted by molar-refractivity contribution is 5.71. The molecule has 0 aliphatic carbocycles. The molecule has 6 nitrogen and oxygen atoms in total. The number of rotatable bonds is 61. The molecule has 0 saturated carbocycles. The van der Waals surface area contributed by atoms with Crippen LogP contribution in [0.5, 0.6) is 0 Å². The third-order valence-electron chi connectivity index (χ3n) is 14.7. The monoisotopic (exact) mass is 1060 g/mol. The van der Waals surface area contributed by atoms with Gasteiger partial charge in [-0.3, -0.25) is 14.4 Å². The van der Waals surface area contributed by atoms with Crippen molar-refractivity contribution in [3.63, 3.8) is 0 Å². The SMILES string of the molecule is CCCCC/C=C\C/C=C\C/C=C\CCCCCCCCC(=O)OC(COC(=O)CCCCCCCCCCCC)COC(=O)CCCCCCCCCCCCCCCCCCC/C=C\C/C=C\CCCCCCC. The van der Waals surface area contributed by atoms with E-state index in [0.717, 1.165) is 83.5 Å². The van der Waals surface area contributed by atoms with E-state index in [0.29, 0.717) is 19.3 Å². The molecule has 0 aromatic heterocycles. The molecule has 0 amide bonds. The highest BCUT2D eigenvalue weighted by Crippen LogP contribution is 2.17. The van der Waals surface area contributed by atoms with Crippen molar-refractivity contribution in [1.82, 2.24) is 0 Å². The van der Waals surface area contributed by atoms with Gasteiger partial charge in [0.1, 0.15) is 13.2 Å². The topological polar surface area (TPSA) is 78.9 Å². The predicted molar refractivity (Wildman–Crippen MR) is 330 cm³/mol. The summed E-state index contributed by atoms with van der Waals surface area (Å²) in [4.78, 5) is 38.2. The van der Waals surface area contributed by atoms with Gasteiger partial charge in [-0.15, -0.1) is 0 Å². The van der Waals surface area contributed by atoms with Crippen molar-refractivity contribution < 1.29 is 28.6 Å². The van der Waals surface area contributed by atoms with Crippen molar-refractivity contribution in [3.8, 4) is 0 Å². The van der Waals surface area contributed by atoms with Gasteiger partial charge in [-0.05, 0) is 89.9 Å². The van der Waals surface area contributed by atoms with Crippen LogP contribution in [0.2, 0.25) is 0 Å². The molecule has 0 aliphatic heterocycles. The lowest BCUT2D eigenvalue weighted by atomic mass is 10.0. The summed E-state index contributed by atoms with van der Waals surface area (Å²) in [6, 6.07) is 0. The maximum absolute atomic E-state index is 12.9. The van der Waals surface area contributed by atoms with Gasteiger partial charge in [-0.1, -0.05) is 300 Å². The largest absolute Gasteiger partial charge is 0.462 e. The van der Waals surface area contributed by atoms with E-state index in [4.69, 9.17) is 14.2 Å². The molecule has 1 atom stereocenters. The van der Waals surface area contributed by atoms with Crippen molar-refractivity contribution in [3.05, 3.63) is 60.8 Å². The lowest BCUT2D eigenvalue weighted by molar-refractivity contribution is -0.167. The number of esters is 3. The van der Waals surface area contributed by atoms with E-state index in [2.05, 4.69) is 81.5 Å². The van der Waals surface area contributed by atoms with E-state index in [9.17, 15) is 14.4 Å². The second kappa shape index (κ2) is 64.6. The fraction of sp³-hybridized carbons (Fsp3) is 0.814. The van der Waals surface area contributed by atoms with E-state index < -0.39 is 6.10 Å². The Kier molecular flexibility index (Phi) is 62.2. The smallest absolute Gasteiger partial charge is 0.306 e. The molecule has 0 rings (SSSR count). The predicted octanol–water partition coefficient (Wildman–Crippen LogP) is 22.7. The second-order valence-electron chi connectivity index (χ2n) is 22.4. The molecule has 6 heteroatoms. The molecule has 442 valence electrons. The van der Waals surface area contributed by atoms with Crippen LogP contribution in [0.4, 0.5) is 0 Å². The number of hydrogen-bond donors (Lipinski definition) is 0. The molecule has 0 spiro atoms. The van der Waals surface area contributed by atoms with Gasteiger partial charge in [-0.25, -0.2) is 0 Å². The van der Waals surface area contributed by atoms with Crippen LogP contribution >= 0.6 is 0 Å². The Balaban J connectivity index is 4.17. The van der Waals surface area contributed by atoms with Crippen LogP contribution in [-0.2, 0) is 28.6 Å². The number of carbonyl (C=O) groups is 3. The summed E-state index contributed by atoms with van der Waals surface area (Å²) in [5, 5.41) is 0. The first-order valence-electron chi connectivity index (χ1n) is 33.3. The molecule has 0 aliphatic rings. The van der Waals surface area contributed by atoms with Crippen molar-refractivity contribution >= 4 is 17.9 Å². The van der Waals surface area contributed by atoms with E-state index in [1.54, 1.807) is 0 Å². The van der Waals surface area contributed by atoms with Crippen LogP contribution in [0.3, 0.4) is 0 Å². The Morgan fingerprint density at radius 3 is 0.763 bits per heavy atom. The van der Waals surface area contributed by atoms with Crippen molar-refractivity contribution in [2.24, 2.45) is 0 Å². The van der Waals surface area contributed by atoms with Gasteiger partial charge in [0.05, 0.1) is 0 Å². The summed E-state index contributed by atoms with van der Waals surface area (Å²) >= 11 is 0. The first-order chi connectivity index (χ1) is 37.5. The highest BCUT2D eigenvalue weighted by atomic mass is 16.6. The first kappa shape index (κ1) is 73.1. The molecule has 0 fully saturated rings. The minimum atomic E-state index is -0.779. The van der Waals surface area contributed by atoms with Crippen molar-refractivity contribution in [1.29, 1.82) is 0 Å². The fourth-order valence-corrected chi connectivity index (χ4v) is 9.72. The summed E-state index contributed by atoms with van der Waals surface area (Å²) in [6.45, 7) is 6.62. The average Bonchev–Trinajstić information content (AvgIpc) is 3.42. The summed E-state index contributed by atoms with van der Waals surface area (Å²) in [5.74, 6) is -0.872. The summed E-state index contributed by atoms with van der Waals surface area (Å²) in [7, 11) is 0. The maximum atomic E-state index is 12.9. The van der Waals surface area contributed by atoms with Gasteiger partial charge >= 0.3 is 17.9 Å². The number of unbranched alkanes of at least 4 members (excludes halogenated alkanes) is 40. The van der Waals surface area contributed by atoms with E-state index in [1.165, 1.54) is 225 Å². The quantitative estimate of drug-likeness (QED) is 0.0261. The summed E-state index contributed by atoms with van der Waals surface area (Å²) in [6.07, 6.45) is 82.4. The first-order valence-corrected chi connectivity index (χ1v) is 33.3. The molecular weight excluding hydrogens is 937 g/mol. The number of carbonyl (C=O) groups excluding carboxylic acids is 3. The van der Waals surface area contributed by atoms with Crippen LogP contribution in [0, 0.1) is 0 Å². The number of hydrogen-bond acceptors (Lipinski definition) is 6. The third kappa shape index (κ3) is 62.0. The van der Waals surface area contributed by atoms with Crippen molar-refractivity contribution in [2.45, 2.75) is 354 Å². The van der Waals surface area contributed by atoms with Gasteiger partial charge in [-0.2, -0.15) is 0 Å². The van der Waals surface area contributed by atoms with E-state index >= 15 is 0 Å². The molecule has 0 aromatic carbocycles. The van der Waals surface area contributed by atoms with Crippen LogP contribution < -0.4 is 0 Å². The zero-order valence-electron chi connectivity index (χ0n) is 50.8. The van der Waals surface area contributed by atoms with Gasteiger partial charge in [0.25, 0.3) is 0 Å². The van der Waals surface area contributed by atoms with Gasteiger partial charge in [0.2, 0.25) is 0 Å². The third-order valence-corrected chi connectivity index (χ3v) is 14.7. The fourth-order valence-electron chi connectivity index (χ4n) is 9.72. The number of allylic oxidation sites excluding steroid dienone is 10. The second-order valence-corrected chi connectivity index (χ2v) is 22.4. The van der Waals surface area contributed by atoms with E-state index in [1.807, 2.05) is 0 Å². The van der Waals surface area contributed by atoms with E-state index in [-0.39, 0.29) is 31.1 Å². The summed E-state index contributed by atoms with van der Waals surface area (Å²) < 4.78 is 16.9. The average molecular weight is 1060 g/mol. The molecule has 0 radical (unpaired) electrons. The Morgan fingerprint density at radius 2 is 0.474 bits per heavy atom. The summed E-state index contributed by atoms with van der Waals surface area (Å²) in [5.41, 5.74) is 0. The van der Waals surface area contributed by atoms with Gasteiger partial charge in [0.15, 0.2) is 6.10 Å². The van der Waals surface area contributed by atoms with Crippen LogP contribution in [-0.4, -0.2) is 37.2 Å². The van der Waals surface area contributed by atoms with Crippen molar-refractivity contribution in [2.75, 3.05) is 13.2 Å². The Hall–Kier alpha value is -2.89. The zero-order chi connectivity index (χ0) is 55.0. The van der Waals surface area contributed by atoms with Gasteiger partial charge < -0.3 is 14.2 Å². The maximum Gasteiger partial charge on any atom is 0.306 e. The Morgan fingerprint density at radius 1 is 0.263 bits per heavy atom. The van der Waals surface area contributed by atoms with Crippen LogP contribution in [0.1, 0.15) is 348 Å². The normalized spacial score (nSPS) is 12.4. The zero-order valence-corrected chi connectivity index (χ0v) is 50.8. The number of ether oxygens (including phenoxy) is 3. The van der Waals surface area contributed by atoms with Crippen LogP contribution in [0.15, 0.2) is 60.8 Å². The van der Waals surface area contributed by atoms with Crippen LogP contribution in [0.25, 0.3) is 0 Å². The molecule has 0 bridgehead atoms. The highest BCUT2D eigenvalue weighted by Gasteiger charge is 2.19. The molecule has 0 N–H and O–H groups in total. The molecule has 1 unspecified atom stereocenters. The Labute approximate surface area is 472 Å². The lowest BCUT2D eigenvalue weighted by Crippen LogP contribution is -2.30. The molecule has 0 heterocycles. The minimum Gasteiger partial charge on any atom is -0.462 e. The lowest BCUT2D eigenvalue weighted by Gasteiger charge is -2.18. The molecule has 76 heavy (non-hydrogen) atoms. The van der Waals surface area contributed by atoms with Gasteiger partial charge in [0, 0.05) is 19.3 Å². The molecule has 0 saturated heterocycles.